The van der Waals surface area contributed by atoms with Gasteiger partial charge < -0.3 is 5.73 Å². The summed E-state index contributed by atoms with van der Waals surface area (Å²) in [4.78, 5) is 4.06. The van der Waals surface area contributed by atoms with Crippen molar-refractivity contribution in [2.24, 2.45) is 0 Å². The van der Waals surface area contributed by atoms with Crippen LogP contribution in [-0.4, -0.2) is 4.98 Å². The minimum atomic E-state index is 0.469. The average molecular weight is 258 g/mol. The number of hydrogen-bond donors (Lipinski definition) is 1. The first-order valence-electron chi connectivity index (χ1n) is 3.69. The van der Waals surface area contributed by atoms with Gasteiger partial charge in [-0.25, -0.2) is 4.98 Å². The molecule has 0 amide bonds. The second-order valence-electron chi connectivity index (χ2n) is 2.65. The van der Waals surface area contributed by atoms with E-state index in [9.17, 15) is 0 Å². The molecule has 0 saturated carbocycles. The van der Waals surface area contributed by atoms with E-state index in [4.69, 9.17) is 17.3 Å². The Morgan fingerprint density at radius 2 is 1.85 bits per heavy atom. The van der Waals surface area contributed by atoms with Gasteiger partial charge >= 0.3 is 0 Å². The fraction of sp³-hybridized carbons (Fsp3) is 0. The molecule has 2 nitrogen and oxygen atoms in total. The van der Waals surface area contributed by atoms with Crippen LogP contribution >= 0.6 is 27.5 Å². The zero-order chi connectivity index (χ0) is 9.42. The van der Waals surface area contributed by atoms with E-state index >= 15 is 0 Å². The Bertz CT molecular complexity index is 470. The second-order valence-corrected chi connectivity index (χ2v) is 3.76. The summed E-state index contributed by atoms with van der Waals surface area (Å²) >= 11 is 9.18. The molecular weight excluding hydrogens is 251 g/mol. The fourth-order valence-electron chi connectivity index (χ4n) is 1.22. The molecule has 0 atom stereocenters. The third-order valence-electron chi connectivity index (χ3n) is 1.86. The Morgan fingerprint density at radius 1 is 1.23 bits per heavy atom. The van der Waals surface area contributed by atoms with Crippen molar-refractivity contribution in [1.29, 1.82) is 0 Å². The van der Waals surface area contributed by atoms with Gasteiger partial charge in [-0.2, -0.15) is 0 Å². The van der Waals surface area contributed by atoms with E-state index in [0.29, 0.717) is 15.4 Å². The summed E-state index contributed by atoms with van der Waals surface area (Å²) in [6.45, 7) is 0. The molecule has 0 aliphatic carbocycles. The molecule has 2 N–H and O–H groups in total. The monoisotopic (exact) mass is 256 g/mol. The SMILES string of the molecule is Nc1c(Br)nc(Cl)c2ccccc12. The van der Waals surface area contributed by atoms with Gasteiger partial charge in [-0.15, -0.1) is 0 Å². The van der Waals surface area contributed by atoms with Crippen molar-refractivity contribution in [2.45, 2.75) is 0 Å². The zero-order valence-electron chi connectivity index (χ0n) is 6.59. The Labute approximate surface area is 88.8 Å². The normalized spacial score (nSPS) is 10.6. The Balaban J connectivity index is 2.97. The summed E-state index contributed by atoms with van der Waals surface area (Å²) in [5.41, 5.74) is 6.44. The molecule has 0 aliphatic heterocycles. The lowest BCUT2D eigenvalue weighted by atomic mass is 10.1. The number of aromatic nitrogens is 1. The summed E-state index contributed by atoms with van der Waals surface area (Å²) in [7, 11) is 0. The van der Waals surface area contributed by atoms with E-state index < -0.39 is 0 Å². The van der Waals surface area contributed by atoms with E-state index in [1.54, 1.807) is 0 Å². The van der Waals surface area contributed by atoms with Gasteiger partial charge in [-0.3, -0.25) is 0 Å². The maximum atomic E-state index is 5.94. The topological polar surface area (TPSA) is 38.9 Å². The minimum absolute atomic E-state index is 0.469. The van der Waals surface area contributed by atoms with Crippen molar-refractivity contribution < 1.29 is 0 Å². The van der Waals surface area contributed by atoms with Crippen molar-refractivity contribution in [3.05, 3.63) is 34.0 Å². The molecule has 1 aromatic carbocycles. The number of anilines is 1. The molecule has 1 aromatic heterocycles. The lowest BCUT2D eigenvalue weighted by Gasteiger charge is -2.04. The van der Waals surface area contributed by atoms with E-state index in [1.807, 2.05) is 24.3 Å². The quantitative estimate of drug-likeness (QED) is 0.736. The molecule has 2 rings (SSSR count). The van der Waals surface area contributed by atoms with Crippen molar-refractivity contribution in [3.8, 4) is 0 Å². The summed E-state index contributed by atoms with van der Waals surface area (Å²) in [5, 5.41) is 2.27. The highest BCUT2D eigenvalue weighted by molar-refractivity contribution is 9.10. The molecule has 1 heterocycles. The Hall–Kier alpha value is -0.800. The molecule has 0 aliphatic rings. The molecule has 0 radical (unpaired) electrons. The molecule has 0 fully saturated rings. The number of nitrogen functional groups attached to an aromatic ring is 1. The van der Waals surface area contributed by atoms with E-state index in [2.05, 4.69) is 20.9 Å². The van der Waals surface area contributed by atoms with Gasteiger partial charge in [-0.05, 0) is 15.9 Å². The number of hydrogen-bond acceptors (Lipinski definition) is 2. The first kappa shape index (κ1) is 8.78. The summed E-state index contributed by atoms with van der Waals surface area (Å²) in [6.07, 6.45) is 0. The van der Waals surface area contributed by atoms with E-state index in [1.165, 1.54) is 0 Å². The number of rotatable bonds is 0. The fourth-order valence-corrected chi connectivity index (χ4v) is 1.96. The summed E-state index contributed by atoms with van der Waals surface area (Å²) in [5.74, 6) is 0. The van der Waals surface area contributed by atoms with Crippen LogP contribution in [0.15, 0.2) is 28.9 Å². The van der Waals surface area contributed by atoms with Crippen LogP contribution in [0.2, 0.25) is 5.15 Å². The van der Waals surface area contributed by atoms with Crippen molar-refractivity contribution in [2.75, 3.05) is 5.73 Å². The highest BCUT2D eigenvalue weighted by Crippen LogP contribution is 2.31. The second kappa shape index (κ2) is 3.16. The van der Waals surface area contributed by atoms with Crippen LogP contribution in [0.5, 0.6) is 0 Å². The van der Waals surface area contributed by atoms with Crippen LogP contribution in [-0.2, 0) is 0 Å². The summed E-state index contributed by atoms with van der Waals surface area (Å²) in [6, 6.07) is 7.64. The molecule has 0 unspecified atom stereocenters. The molecule has 0 spiro atoms. The largest absolute Gasteiger partial charge is 0.396 e. The average Bonchev–Trinajstić information content (AvgIpc) is 2.15. The Kier molecular flexibility index (Phi) is 2.14. The summed E-state index contributed by atoms with van der Waals surface area (Å²) < 4.78 is 0.594. The molecule has 66 valence electrons. The molecular formula is C9H6BrClN2. The number of benzene rings is 1. The molecule has 4 heteroatoms. The standard InChI is InChI=1S/C9H6BrClN2/c10-8-7(12)5-3-1-2-4-6(5)9(11)13-8/h1-4H,12H2. The maximum absolute atomic E-state index is 5.94. The molecule has 0 bridgehead atoms. The third kappa shape index (κ3) is 1.38. The predicted molar refractivity (Wildman–Crippen MR) is 58.9 cm³/mol. The van der Waals surface area contributed by atoms with Crippen LogP contribution in [0.4, 0.5) is 5.69 Å². The van der Waals surface area contributed by atoms with Crippen LogP contribution < -0.4 is 5.73 Å². The first-order chi connectivity index (χ1) is 6.20. The third-order valence-corrected chi connectivity index (χ3v) is 2.75. The van der Waals surface area contributed by atoms with Gasteiger partial charge in [0.05, 0.1) is 5.69 Å². The van der Waals surface area contributed by atoms with Crippen LogP contribution in [0, 0.1) is 0 Å². The highest BCUT2D eigenvalue weighted by Gasteiger charge is 2.06. The molecule has 13 heavy (non-hydrogen) atoms. The lowest BCUT2D eigenvalue weighted by molar-refractivity contribution is 1.31. The number of halogens is 2. The number of fused-ring (bicyclic) bond motifs is 1. The lowest BCUT2D eigenvalue weighted by Crippen LogP contribution is -1.92. The van der Waals surface area contributed by atoms with Crippen LogP contribution in [0.3, 0.4) is 0 Å². The molecule has 0 saturated heterocycles. The van der Waals surface area contributed by atoms with E-state index in [-0.39, 0.29) is 0 Å². The van der Waals surface area contributed by atoms with E-state index in [0.717, 1.165) is 10.8 Å². The van der Waals surface area contributed by atoms with Crippen LogP contribution in [0.1, 0.15) is 0 Å². The number of pyridine rings is 1. The smallest absolute Gasteiger partial charge is 0.138 e. The van der Waals surface area contributed by atoms with Gasteiger partial charge in [0.1, 0.15) is 9.76 Å². The van der Waals surface area contributed by atoms with Crippen molar-refractivity contribution in [1.82, 2.24) is 4.98 Å². The van der Waals surface area contributed by atoms with Gasteiger partial charge in [0.2, 0.25) is 0 Å². The number of nitrogens with two attached hydrogens (primary N) is 1. The van der Waals surface area contributed by atoms with Crippen LogP contribution in [0.25, 0.3) is 10.8 Å². The van der Waals surface area contributed by atoms with Crippen molar-refractivity contribution >= 4 is 44.0 Å². The number of nitrogens with zero attached hydrogens (tertiary/aromatic N) is 1. The molecule has 2 aromatic rings. The van der Waals surface area contributed by atoms with Gasteiger partial charge in [0.25, 0.3) is 0 Å². The van der Waals surface area contributed by atoms with Gasteiger partial charge in [-0.1, -0.05) is 35.9 Å². The van der Waals surface area contributed by atoms with Gasteiger partial charge in [0.15, 0.2) is 0 Å². The predicted octanol–water partition coefficient (Wildman–Crippen LogP) is 3.23. The minimum Gasteiger partial charge on any atom is -0.396 e. The van der Waals surface area contributed by atoms with Crippen molar-refractivity contribution in [3.63, 3.8) is 0 Å². The first-order valence-corrected chi connectivity index (χ1v) is 4.86. The Morgan fingerprint density at radius 3 is 2.54 bits per heavy atom. The zero-order valence-corrected chi connectivity index (χ0v) is 8.93. The maximum Gasteiger partial charge on any atom is 0.138 e. The van der Waals surface area contributed by atoms with Gasteiger partial charge in [0, 0.05) is 10.8 Å². The highest BCUT2D eigenvalue weighted by atomic mass is 79.9.